The zero-order valence-corrected chi connectivity index (χ0v) is 9.01. The number of aliphatic carboxylic acids is 1. The molecule has 1 saturated heterocycles. The van der Waals surface area contributed by atoms with Crippen LogP contribution in [0, 0.1) is 17.2 Å². The van der Waals surface area contributed by atoms with E-state index in [9.17, 15) is 4.79 Å². The Morgan fingerprint density at radius 3 is 2.87 bits per heavy atom. The number of hydrogen-bond donors (Lipinski definition) is 1. The highest BCUT2D eigenvalue weighted by Crippen LogP contribution is 2.21. The Kier molecular flexibility index (Phi) is 4.06. The quantitative estimate of drug-likeness (QED) is 0.726. The van der Waals surface area contributed by atoms with Crippen molar-refractivity contribution in [2.45, 2.75) is 25.9 Å². The van der Waals surface area contributed by atoms with Gasteiger partial charge < -0.3 is 9.84 Å². The Bertz CT molecular complexity index is 274. The summed E-state index contributed by atoms with van der Waals surface area (Å²) >= 11 is 0. The lowest BCUT2D eigenvalue weighted by Crippen LogP contribution is -2.47. The van der Waals surface area contributed by atoms with Crippen LogP contribution in [0.1, 0.15) is 13.8 Å². The molecule has 3 atom stereocenters. The molecule has 84 valence electrons. The zero-order chi connectivity index (χ0) is 11.4. The number of ether oxygens (including phenoxy) is 1. The van der Waals surface area contributed by atoms with Crippen LogP contribution in [-0.4, -0.2) is 47.8 Å². The average Bonchev–Trinajstić information content (AvgIpc) is 2.67. The largest absolute Gasteiger partial charge is 0.481 e. The molecule has 0 aromatic rings. The molecular formula is C10H16N2O3. The molecule has 1 rings (SSSR count). The normalized spacial score (nSPS) is 27.6. The summed E-state index contributed by atoms with van der Waals surface area (Å²) in [6.45, 7) is 5.00. The molecule has 0 aromatic carbocycles. The summed E-state index contributed by atoms with van der Waals surface area (Å²) in [6.07, 6.45) is 0. The molecule has 0 saturated carbocycles. The summed E-state index contributed by atoms with van der Waals surface area (Å²) < 4.78 is 5.18. The SMILES string of the molecule is CCN(C(C)C#N)C1COCC1C(=O)O. The van der Waals surface area contributed by atoms with Crippen LogP contribution in [0.5, 0.6) is 0 Å². The molecule has 5 heteroatoms. The molecule has 3 unspecified atom stereocenters. The number of likely N-dealkylation sites (N-methyl/N-ethyl adjacent to an activating group) is 1. The van der Waals surface area contributed by atoms with Crippen molar-refractivity contribution in [3.8, 4) is 6.07 Å². The fourth-order valence-corrected chi connectivity index (χ4v) is 1.98. The third-order valence-corrected chi connectivity index (χ3v) is 2.84. The maximum absolute atomic E-state index is 11.0. The van der Waals surface area contributed by atoms with Crippen molar-refractivity contribution in [1.82, 2.24) is 4.90 Å². The van der Waals surface area contributed by atoms with Crippen LogP contribution >= 0.6 is 0 Å². The van der Waals surface area contributed by atoms with E-state index in [1.165, 1.54) is 0 Å². The smallest absolute Gasteiger partial charge is 0.310 e. The first kappa shape index (κ1) is 12.0. The first-order chi connectivity index (χ1) is 7.11. The molecule has 0 aliphatic carbocycles. The number of carboxylic acid groups (broad SMARTS) is 1. The third-order valence-electron chi connectivity index (χ3n) is 2.84. The van der Waals surface area contributed by atoms with Crippen LogP contribution in [0.3, 0.4) is 0 Å². The Hall–Kier alpha value is -1.12. The first-order valence-corrected chi connectivity index (χ1v) is 5.07. The number of carboxylic acids is 1. The molecule has 0 radical (unpaired) electrons. The van der Waals surface area contributed by atoms with Gasteiger partial charge in [-0.3, -0.25) is 9.69 Å². The van der Waals surface area contributed by atoms with E-state index in [-0.39, 0.29) is 18.7 Å². The molecule has 1 fully saturated rings. The van der Waals surface area contributed by atoms with E-state index >= 15 is 0 Å². The maximum atomic E-state index is 11.0. The summed E-state index contributed by atoms with van der Waals surface area (Å²) in [5.74, 6) is -1.36. The lowest BCUT2D eigenvalue weighted by Gasteiger charge is -2.30. The average molecular weight is 212 g/mol. The van der Waals surface area contributed by atoms with E-state index in [1.54, 1.807) is 6.92 Å². The monoisotopic (exact) mass is 212 g/mol. The highest BCUT2D eigenvalue weighted by Gasteiger charge is 2.38. The summed E-state index contributed by atoms with van der Waals surface area (Å²) in [5.41, 5.74) is 0. The molecule has 1 aliphatic heterocycles. The van der Waals surface area contributed by atoms with Crippen molar-refractivity contribution in [3.63, 3.8) is 0 Å². The van der Waals surface area contributed by atoms with Gasteiger partial charge in [-0.2, -0.15) is 5.26 Å². The van der Waals surface area contributed by atoms with Gasteiger partial charge in [-0.1, -0.05) is 6.92 Å². The predicted molar refractivity (Wildman–Crippen MR) is 53.2 cm³/mol. The second-order valence-corrected chi connectivity index (χ2v) is 3.69. The van der Waals surface area contributed by atoms with Gasteiger partial charge >= 0.3 is 5.97 Å². The topological polar surface area (TPSA) is 73.6 Å². The number of hydrogen-bond acceptors (Lipinski definition) is 4. The van der Waals surface area contributed by atoms with E-state index in [0.717, 1.165) is 0 Å². The van der Waals surface area contributed by atoms with E-state index in [0.29, 0.717) is 13.2 Å². The highest BCUT2D eigenvalue weighted by atomic mass is 16.5. The van der Waals surface area contributed by atoms with Crippen LogP contribution in [0.4, 0.5) is 0 Å². The van der Waals surface area contributed by atoms with E-state index in [4.69, 9.17) is 15.1 Å². The van der Waals surface area contributed by atoms with E-state index in [2.05, 4.69) is 6.07 Å². The van der Waals surface area contributed by atoms with Crippen molar-refractivity contribution in [1.29, 1.82) is 5.26 Å². The van der Waals surface area contributed by atoms with Crippen molar-refractivity contribution < 1.29 is 14.6 Å². The number of nitrogens with zero attached hydrogens (tertiary/aromatic N) is 2. The molecule has 0 amide bonds. The van der Waals surface area contributed by atoms with Gasteiger partial charge in [-0.15, -0.1) is 0 Å². The van der Waals surface area contributed by atoms with Gasteiger partial charge in [0.05, 0.1) is 31.2 Å². The minimum Gasteiger partial charge on any atom is -0.481 e. The van der Waals surface area contributed by atoms with Crippen molar-refractivity contribution in [3.05, 3.63) is 0 Å². The minimum absolute atomic E-state index is 0.179. The number of rotatable bonds is 4. The Morgan fingerprint density at radius 1 is 1.73 bits per heavy atom. The van der Waals surface area contributed by atoms with Crippen LogP contribution in [-0.2, 0) is 9.53 Å². The lowest BCUT2D eigenvalue weighted by atomic mass is 10.0. The van der Waals surface area contributed by atoms with Crippen molar-refractivity contribution in [2.24, 2.45) is 5.92 Å². The predicted octanol–water partition coefficient (Wildman–Crippen LogP) is 0.320. The van der Waals surface area contributed by atoms with Gasteiger partial charge in [0, 0.05) is 6.04 Å². The van der Waals surface area contributed by atoms with E-state index in [1.807, 2.05) is 11.8 Å². The Labute approximate surface area is 89.2 Å². The second kappa shape index (κ2) is 5.10. The van der Waals surface area contributed by atoms with Crippen LogP contribution < -0.4 is 0 Å². The van der Waals surface area contributed by atoms with Crippen molar-refractivity contribution >= 4 is 5.97 Å². The van der Waals surface area contributed by atoms with Gasteiger partial charge in [0.25, 0.3) is 0 Å². The van der Waals surface area contributed by atoms with Crippen molar-refractivity contribution in [2.75, 3.05) is 19.8 Å². The first-order valence-electron chi connectivity index (χ1n) is 5.07. The number of nitriles is 1. The standard InChI is InChI=1S/C10H16N2O3/c1-3-12(7(2)4-11)9-6-15-5-8(9)10(13)14/h7-9H,3,5-6H2,1-2H3,(H,13,14). The Balaban J connectivity index is 2.75. The number of carbonyl (C=O) groups is 1. The molecule has 0 aromatic heterocycles. The third kappa shape index (κ3) is 2.46. The second-order valence-electron chi connectivity index (χ2n) is 3.69. The van der Waals surface area contributed by atoms with Crippen LogP contribution in [0.2, 0.25) is 0 Å². The molecule has 0 spiro atoms. The molecule has 1 heterocycles. The Morgan fingerprint density at radius 2 is 2.40 bits per heavy atom. The fraction of sp³-hybridized carbons (Fsp3) is 0.800. The molecule has 5 nitrogen and oxygen atoms in total. The minimum atomic E-state index is -0.846. The van der Waals surface area contributed by atoms with Gasteiger partial charge in [0.1, 0.15) is 0 Å². The molecule has 1 N–H and O–H groups in total. The summed E-state index contributed by atoms with van der Waals surface area (Å²) in [5, 5.41) is 17.8. The summed E-state index contributed by atoms with van der Waals surface area (Å²) in [7, 11) is 0. The summed E-state index contributed by atoms with van der Waals surface area (Å²) in [4.78, 5) is 12.8. The van der Waals surface area contributed by atoms with Gasteiger partial charge in [-0.05, 0) is 13.5 Å². The maximum Gasteiger partial charge on any atom is 0.310 e. The molecule has 15 heavy (non-hydrogen) atoms. The fourth-order valence-electron chi connectivity index (χ4n) is 1.98. The molecular weight excluding hydrogens is 196 g/mol. The van der Waals surface area contributed by atoms with Crippen LogP contribution in [0.15, 0.2) is 0 Å². The molecule has 1 aliphatic rings. The van der Waals surface area contributed by atoms with Crippen LogP contribution in [0.25, 0.3) is 0 Å². The van der Waals surface area contributed by atoms with Gasteiger partial charge in [0.15, 0.2) is 0 Å². The van der Waals surface area contributed by atoms with E-state index < -0.39 is 11.9 Å². The summed E-state index contributed by atoms with van der Waals surface area (Å²) in [6, 6.07) is 1.68. The highest BCUT2D eigenvalue weighted by molar-refractivity contribution is 5.71. The zero-order valence-electron chi connectivity index (χ0n) is 9.01. The molecule has 0 bridgehead atoms. The lowest BCUT2D eigenvalue weighted by molar-refractivity contribution is -0.143. The van der Waals surface area contributed by atoms with Gasteiger partial charge in [-0.25, -0.2) is 0 Å². The van der Waals surface area contributed by atoms with Gasteiger partial charge in [0.2, 0.25) is 0 Å².